The van der Waals surface area contributed by atoms with Crippen molar-refractivity contribution in [1.82, 2.24) is 0 Å². The van der Waals surface area contributed by atoms with Gasteiger partial charge in [0.1, 0.15) is 12.4 Å². The Bertz CT molecular complexity index is 408. The summed E-state index contributed by atoms with van der Waals surface area (Å²) in [4.78, 5) is 0. The number of unbranched alkanes of at least 4 members (excludes halogenated alkanes) is 1. The molecule has 0 unspecified atom stereocenters. The van der Waals surface area contributed by atoms with E-state index in [0.29, 0.717) is 30.3 Å². The van der Waals surface area contributed by atoms with E-state index in [0.717, 1.165) is 19.4 Å². The Hall–Kier alpha value is -1.75. The number of nitrogens with one attached hydrogen (secondary N) is 1. The van der Waals surface area contributed by atoms with Crippen LogP contribution >= 0.6 is 0 Å². The monoisotopic (exact) mass is 266 g/mol. The van der Waals surface area contributed by atoms with Crippen LogP contribution in [0.4, 0.5) is 0 Å². The molecule has 0 fully saturated rings. The van der Waals surface area contributed by atoms with E-state index < -0.39 is 0 Å². The third-order valence-corrected chi connectivity index (χ3v) is 2.60. The molecule has 0 atom stereocenters. The summed E-state index contributed by atoms with van der Waals surface area (Å²) < 4.78 is 16.2. The Kier molecular flexibility index (Phi) is 6.74. The summed E-state index contributed by atoms with van der Waals surface area (Å²) in [6, 6.07) is 5.18. The average molecular weight is 266 g/mol. The minimum atomic E-state index is 0.00717. The summed E-state index contributed by atoms with van der Waals surface area (Å²) in [6.45, 7) is 3.92. The van der Waals surface area contributed by atoms with Gasteiger partial charge in [-0.2, -0.15) is 0 Å². The smallest absolute Gasteiger partial charge is 0.161 e. The van der Waals surface area contributed by atoms with Gasteiger partial charge in [-0.3, -0.25) is 5.41 Å². The lowest BCUT2D eigenvalue weighted by Crippen LogP contribution is -2.12. The number of rotatable bonds is 9. The summed E-state index contributed by atoms with van der Waals surface area (Å²) in [6.07, 6.45) is 2.19. The van der Waals surface area contributed by atoms with Gasteiger partial charge in [0.05, 0.1) is 13.7 Å². The zero-order valence-electron chi connectivity index (χ0n) is 11.6. The normalized spacial score (nSPS) is 10.2. The van der Waals surface area contributed by atoms with Crippen LogP contribution in [0, 0.1) is 5.41 Å². The molecule has 0 saturated heterocycles. The summed E-state index contributed by atoms with van der Waals surface area (Å²) >= 11 is 0. The Balaban J connectivity index is 2.47. The topological polar surface area (TPSA) is 77.6 Å². The van der Waals surface area contributed by atoms with Crippen LogP contribution in [0.25, 0.3) is 0 Å². The Morgan fingerprint density at radius 1 is 1.21 bits per heavy atom. The maximum atomic E-state index is 7.37. The van der Waals surface area contributed by atoms with Crippen molar-refractivity contribution in [3.8, 4) is 11.5 Å². The highest BCUT2D eigenvalue weighted by atomic mass is 16.5. The lowest BCUT2D eigenvalue weighted by atomic mass is 10.2. The highest BCUT2D eigenvalue weighted by molar-refractivity contribution is 5.95. The first-order valence-electron chi connectivity index (χ1n) is 6.42. The minimum Gasteiger partial charge on any atom is -0.493 e. The molecule has 0 aliphatic rings. The fourth-order valence-electron chi connectivity index (χ4n) is 1.51. The first-order valence-corrected chi connectivity index (χ1v) is 6.42. The van der Waals surface area contributed by atoms with E-state index in [-0.39, 0.29) is 5.84 Å². The molecule has 0 amide bonds. The van der Waals surface area contributed by atoms with Crippen LogP contribution in [-0.2, 0) is 4.74 Å². The summed E-state index contributed by atoms with van der Waals surface area (Å²) in [7, 11) is 1.56. The molecule has 0 aliphatic carbocycles. The second-order valence-electron chi connectivity index (χ2n) is 4.09. The summed E-state index contributed by atoms with van der Waals surface area (Å²) in [5.41, 5.74) is 6.04. The van der Waals surface area contributed by atoms with Crippen molar-refractivity contribution >= 4 is 5.84 Å². The molecule has 0 aromatic heterocycles. The lowest BCUT2D eigenvalue weighted by Gasteiger charge is -2.12. The summed E-state index contributed by atoms with van der Waals surface area (Å²) in [5.74, 6) is 1.21. The lowest BCUT2D eigenvalue weighted by molar-refractivity contribution is 0.0970. The van der Waals surface area contributed by atoms with Gasteiger partial charge >= 0.3 is 0 Å². The zero-order valence-corrected chi connectivity index (χ0v) is 11.6. The van der Waals surface area contributed by atoms with Gasteiger partial charge in [0, 0.05) is 12.2 Å². The van der Waals surface area contributed by atoms with Crippen molar-refractivity contribution in [1.29, 1.82) is 5.41 Å². The van der Waals surface area contributed by atoms with Crippen LogP contribution in [-0.4, -0.2) is 32.8 Å². The molecule has 0 saturated carbocycles. The Labute approximate surface area is 114 Å². The van der Waals surface area contributed by atoms with Gasteiger partial charge in [0.15, 0.2) is 11.5 Å². The first-order chi connectivity index (χ1) is 9.19. The van der Waals surface area contributed by atoms with E-state index in [2.05, 4.69) is 6.92 Å². The Morgan fingerprint density at radius 3 is 2.63 bits per heavy atom. The molecule has 1 rings (SSSR count). The van der Waals surface area contributed by atoms with E-state index in [1.165, 1.54) is 0 Å². The minimum absolute atomic E-state index is 0.00717. The second-order valence-corrected chi connectivity index (χ2v) is 4.09. The maximum Gasteiger partial charge on any atom is 0.161 e. The number of amidine groups is 1. The van der Waals surface area contributed by atoms with Crippen LogP contribution in [0.2, 0.25) is 0 Å². The molecule has 5 nitrogen and oxygen atoms in total. The van der Waals surface area contributed by atoms with E-state index in [1.54, 1.807) is 25.3 Å². The molecule has 1 aromatic carbocycles. The predicted molar refractivity (Wildman–Crippen MR) is 75.2 cm³/mol. The van der Waals surface area contributed by atoms with Crippen molar-refractivity contribution in [3.05, 3.63) is 23.8 Å². The fraction of sp³-hybridized carbons (Fsp3) is 0.500. The van der Waals surface area contributed by atoms with Crippen LogP contribution in [0.15, 0.2) is 18.2 Å². The van der Waals surface area contributed by atoms with Crippen LogP contribution in [0.5, 0.6) is 11.5 Å². The largest absolute Gasteiger partial charge is 0.493 e. The number of nitrogen functional groups attached to an aromatic ring is 1. The van der Waals surface area contributed by atoms with Gasteiger partial charge in [-0.15, -0.1) is 0 Å². The highest BCUT2D eigenvalue weighted by Gasteiger charge is 2.07. The van der Waals surface area contributed by atoms with Gasteiger partial charge in [0.2, 0.25) is 0 Å². The number of hydrogen-bond donors (Lipinski definition) is 2. The molecule has 0 radical (unpaired) electrons. The number of ether oxygens (including phenoxy) is 3. The number of nitrogens with two attached hydrogens (primary N) is 1. The molecule has 3 N–H and O–H groups in total. The van der Waals surface area contributed by atoms with Crippen LogP contribution in [0.3, 0.4) is 0 Å². The summed E-state index contributed by atoms with van der Waals surface area (Å²) in [5, 5.41) is 7.37. The van der Waals surface area contributed by atoms with Crippen molar-refractivity contribution in [2.75, 3.05) is 26.9 Å². The third-order valence-electron chi connectivity index (χ3n) is 2.60. The van der Waals surface area contributed by atoms with Gasteiger partial charge in [-0.05, 0) is 24.6 Å². The van der Waals surface area contributed by atoms with Gasteiger partial charge in [0.25, 0.3) is 0 Å². The van der Waals surface area contributed by atoms with Crippen LogP contribution < -0.4 is 15.2 Å². The molecular formula is C14H22N2O3. The average Bonchev–Trinajstić information content (AvgIpc) is 2.42. The van der Waals surface area contributed by atoms with E-state index in [4.69, 9.17) is 25.4 Å². The van der Waals surface area contributed by atoms with Gasteiger partial charge < -0.3 is 19.9 Å². The SMILES string of the molecule is CCCCOCCOc1ccc(C(=N)N)cc1OC. The fourth-order valence-corrected chi connectivity index (χ4v) is 1.51. The molecule has 5 heteroatoms. The maximum absolute atomic E-state index is 7.37. The molecular weight excluding hydrogens is 244 g/mol. The quantitative estimate of drug-likeness (QED) is 0.408. The number of hydrogen-bond acceptors (Lipinski definition) is 4. The molecule has 0 heterocycles. The molecule has 0 aliphatic heterocycles. The molecule has 1 aromatic rings. The molecule has 106 valence electrons. The van der Waals surface area contributed by atoms with E-state index in [1.807, 2.05) is 0 Å². The van der Waals surface area contributed by atoms with E-state index >= 15 is 0 Å². The molecule has 19 heavy (non-hydrogen) atoms. The van der Waals surface area contributed by atoms with Crippen molar-refractivity contribution < 1.29 is 14.2 Å². The van der Waals surface area contributed by atoms with Crippen molar-refractivity contribution in [2.45, 2.75) is 19.8 Å². The van der Waals surface area contributed by atoms with Crippen molar-refractivity contribution in [3.63, 3.8) is 0 Å². The van der Waals surface area contributed by atoms with Gasteiger partial charge in [-0.25, -0.2) is 0 Å². The third kappa shape index (κ3) is 5.18. The molecule has 0 spiro atoms. The standard InChI is InChI=1S/C14H22N2O3/c1-3-4-7-18-8-9-19-12-6-5-11(14(15)16)10-13(12)17-2/h5-6,10H,3-4,7-9H2,1-2H3,(H3,15,16). The second kappa shape index (κ2) is 8.37. The zero-order chi connectivity index (χ0) is 14.1. The highest BCUT2D eigenvalue weighted by Crippen LogP contribution is 2.27. The van der Waals surface area contributed by atoms with Crippen LogP contribution in [0.1, 0.15) is 25.3 Å². The predicted octanol–water partition coefficient (Wildman–Crippen LogP) is 2.17. The first kappa shape index (κ1) is 15.3. The molecule has 0 bridgehead atoms. The number of benzene rings is 1. The van der Waals surface area contributed by atoms with Gasteiger partial charge in [-0.1, -0.05) is 13.3 Å². The Morgan fingerprint density at radius 2 is 2.00 bits per heavy atom. The van der Waals surface area contributed by atoms with E-state index in [9.17, 15) is 0 Å². The van der Waals surface area contributed by atoms with Crippen molar-refractivity contribution in [2.24, 2.45) is 5.73 Å². The number of methoxy groups -OCH3 is 1.